The van der Waals surface area contributed by atoms with E-state index in [1.807, 2.05) is 49.1 Å². The predicted molar refractivity (Wildman–Crippen MR) is 88.9 cm³/mol. The summed E-state index contributed by atoms with van der Waals surface area (Å²) in [6.45, 7) is 4.57. The van der Waals surface area contributed by atoms with Crippen LogP contribution in [0.3, 0.4) is 0 Å². The summed E-state index contributed by atoms with van der Waals surface area (Å²) in [5.74, 6) is 0.982. The number of hydrogen-bond acceptors (Lipinski definition) is 5. The van der Waals surface area contributed by atoms with E-state index >= 15 is 0 Å². The molecule has 7 heteroatoms. The molecule has 2 rings (SSSR count). The maximum atomic E-state index is 11.7. The molecule has 0 fully saturated rings. The van der Waals surface area contributed by atoms with Crippen LogP contribution in [0.25, 0.3) is 0 Å². The van der Waals surface area contributed by atoms with Crippen molar-refractivity contribution in [3.05, 3.63) is 42.5 Å². The van der Waals surface area contributed by atoms with Gasteiger partial charge in [-0.3, -0.25) is 4.72 Å². The Hall–Kier alpha value is -2.15. The van der Waals surface area contributed by atoms with Crippen molar-refractivity contribution < 1.29 is 8.42 Å². The maximum Gasteiger partial charge on any atom is 0.233 e. The largest absolute Gasteiger partial charge is 0.325 e. The maximum absolute atomic E-state index is 11.7. The quantitative estimate of drug-likeness (QED) is 0.849. The first-order valence-electron chi connectivity index (χ1n) is 7.22. The van der Waals surface area contributed by atoms with Gasteiger partial charge in [0.15, 0.2) is 11.6 Å². The van der Waals surface area contributed by atoms with E-state index in [0.29, 0.717) is 12.2 Å². The summed E-state index contributed by atoms with van der Waals surface area (Å²) in [6, 6.07) is 13.2. The molecule has 6 nitrogen and oxygen atoms in total. The second kappa shape index (κ2) is 7.22. The fraction of sp³-hybridized carbons (Fsp3) is 0.333. The van der Waals surface area contributed by atoms with Crippen molar-refractivity contribution in [1.29, 1.82) is 0 Å². The van der Waals surface area contributed by atoms with Gasteiger partial charge in [-0.2, -0.15) is 0 Å². The summed E-state index contributed by atoms with van der Waals surface area (Å²) in [5.41, 5.74) is 1.01. The second-order valence-corrected chi connectivity index (χ2v) is 6.62. The van der Waals surface area contributed by atoms with Gasteiger partial charge in [0.1, 0.15) is 0 Å². The van der Waals surface area contributed by atoms with Gasteiger partial charge in [0.05, 0.1) is 5.75 Å². The molecule has 0 aliphatic rings. The highest BCUT2D eigenvalue weighted by Gasteiger charge is 2.12. The van der Waals surface area contributed by atoms with E-state index in [-0.39, 0.29) is 11.6 Å². The van der Waals surface area contributed by atoms with Gasteiger partial charge < -0.3 is 4.90 Å². The van der Waals surface area contributed by atoms with Crippen LogP contribution in [0.2, 0.25) is 0 Å². The Balaban J connectivity index is 2.17. The number of para-hydroxylation sites is 1. The third kappa shape index (κ3) is 4.17. The standard InChI is InChI=1S/C15H20N4O2S/c1-3-12-22(20,21)18-14-10-11-15(17-16-14)19(4-2)13-8-6-5-7-9-13/h5-11H,3-4,12H2,1-2H3,(H,16,18). The molecule has 1 aromatic heterocycles. The Morgan fingerprint density at radius 3 is 2.32 bits per heavy atom. The van der Waals surface area contributed by atoms with E-state index in [2.05, 4.69) is 14.9 Å². The molecular weight excluding hydrogens is 300 g/mol. The van der Waals surface area contributed by atoms with Crippen LogP contribution in [0.5, 0.6) is 0 Å². The van der Waals surface area contributed by atoms with Crippen LogP contribution < -0.4 is 9.62 Å². The normalized spacial score (nSPS) is 11.2. The van der Waals surface area contributed by atoms with Crippen LogP contribution in [0.4, 0.5) is 17.3 Å². The Labute approximate surface area is 131 Å². The fourth-order valence-corrected chi connectivity index (χ4v) is 3.15. The highest BCUT2D eigenvalue weighted by molar-refractivity contribution is 7.92. The minimum absolute atomic E-state index is 0.0710. The highest BCUT2D eigenvalue weighted by Crippen LogP contribution is 2.22. The average molecular weight is 320 g/mol. The molecular formula is C15H20N4O2S. The lowest BCUT2D eigenvalue weighted by Crippen LogP contribution is -2.19. The van der Waals surface area contributed by atoms with E-state index in [9.17, 15) is 8.42 Å². The number of anilines is 3. The lowest BCUT2D eigenvalue weighted by Gasteiger charge is -2.21. The number of rotatable bonds is 7. The Morgan fingerprint density at radius 2 is 1.77 bits per heavy atom. The van der Waals surface area contributed by atoms with Gasteiger partial charge in [-0.1, -0.05) is 25.1 Å². The smallest absolute Gasteiger partial charge is 0.233 e. The third-order valence-electron chi connectivity index (χ3n) is 3.04. The summed E-state index contributed by atoms with van der Waals surface area (Å²) in [7, 11) is -3.34. The van der Waals surface area contributed by atoms with Gasteiger partial charge in [0.25, 0.3) is 0 Å². The molecule has 2 aromatic rings. The van der Waals surface area contributed by atoms with Crippen molar-refractivity contribution in [1.82, 2.24) is 10.2 Å². The predicted octanol–water partition coefficient (Wildman–Crippen LogP) is 2.79. The van der Waals surface area contributed by atoms with E-state index in [1.165, 1.54) is 0 Å². The molecule has 0 bridgehead atoms. The second-order valence-electron chi connectivity index (χ2n) is 4.78. The molecule has 0 saturated heterocycles. The summed E-state index contributed by atoms with van der Waals surface area (Å²) in [5, 5.41) is 8.08. The topological polar surface area (TPSA) is 75.2 Å². The molecule has 0 radical (unpaired) electrons. The molecule has 0 saturated carbocycles. The lowest BCUT2D eigenvalue weighted by atomic mass is 10.3. The first kappa shape index (κ1) is 16.2. The molecule has 0 amide bonds. The lowest BCUT2D eigenvalue weighted by molar-refractivity contribution is 0.599. The molecule has 22 heavy (non-hydrogen) atoms. The van der Waals surface area contributed by atoms with Crippen LogP contribution in [-0.2, 0) is 10.0 Å². The van der Waals surface area contributed by atoms with Crippen molar-refractivity contribution >= 4 is 27.3 Å². The number of nitrogens with one attached hydrogen (secondary N) is 1. The summed E-state index contributed by atoms with van der Waals surface area (Å²) in [4.78, 5) is 2.00. The van der Waals surface area contributed by atoms with Crippen molar-refractivity contribution in [2.24, 2.45) is 0 Å². The van der Waals surface area contributed by atoms with E-state index in [0.717, 1.165) is 12.2 Å². The van der Waals surface area contributed by atoms with E-state index in [1.54, 1.807) is 12.1 Å². The van der Waals surface area contributed by atoms with Crippen LogP contribution in [0.1, 0.15) is 20.3 Å². The summed E-state index contributed by atoms with van der Waals surface area (Å²) in [6.07, 6.45) is 0.554. The van der Waals surface area contributed by atoms with Crippen molar-refractivity contribution in [2.75, 3.05) is 21.9 Å². The summed E-state index contributed by atoms with van der Waals surface area (Å²) >= 11 is 0. The average Bonchev–Trinajstić information content (AvgIpc) is 2.50. The zero-order chi connectivity index (χ0) is 16.0. The van der Waals surface area contributed by atoms with E-state index in [4.69, 9.17) is 0 Å². The third-order valence-corrected chi connectivity index (χ3v) is 4.51. The van der Waals surface area contributed by atoms with Crippen LogP contribution in [-0.4, -0.2) is 30.9 Å². The van der Waals surface area contributed by atoms with Gasteiger partial charge in [0, 0.05) is 12.2 Å². The minimum atomic E-state index is -3.34. The Kier molecular flexibility index (Phi) is 5.32. The Morgan fingerprint density at radius 1 is 1.05 bits per heavy atom. The first-order valence-corrected chi connectivity index (χ1v) is 8.87. The van der Waals surface area contributed by atoms with Crippen LogP contribution >= 0.6 is 0 Å². The molecule has 0 spiro atoms. The number of aromatic nitrogens is 2. The molecule has 0 aliphatic carbocycles. The molecule has 0 aliphatic heterocycles. The molecule has 0 unspecified atom stereocenters. The molecule has 1 N–H and O–H groups in total. The van der Waals surface area contributed by atoms with E-state index < -0.39 is 10.0 Å². The number of sulfonamides is 1. The number of hydrogen-bond donors (Lipinski definition) is 1. The number of nitrogens with zero attached hydrogens (tertiary/aromatic N) is 3. The fourth-order valence-electron chi connectivity index (χ4n) is 2.09. The monoisotopic (exact) mass is 320 g/mol. The SMILES string of the molecule is CCCS(=O)(=O)Nc1ccc(N(CC)c2ccccc2)nn1. The minimum Gasteiger partial charge on any atom is -0.325 e. The summed E-state index contributed by atoms with van der Waals surface area (Å²) < 4.78 is 25.8. The zero-order valence-electron chi connectivity index (χ0n) is 12.7. The van der Waals surface area contributed by atoms with Crippen molar-refractivity contribution in [3.63, 3.8) is 0 Å². The molecule has 1 aromatic carbocycles. The van der Waals surface area contributed by atoms with Gasteiger partial charge in [-0.05, 0) is 37.6 Å². The van der Waals surface area contributed by atoms with Crippen molar-refractivity contribution in [3.8, 4) is 0 Å². The van der Waals surface area contributed by atoms with Gasteiger partial charge in [-0.15, -0.1) is 10.2 Å². The zero-order valence-corrected chi connectivity index (χ0v) is 13.5. The van der Waals surface area contributed by atoms with Gasteiger partial charge >= 0.3 is 0 Å². The molecule has 118 valence electrons. The highest BCUT2D eigenvalue weighted by atomic mass is 32.2. The van der Waals surface area contributed by atoms with Crippen LogP contribution in [0, 0.1) is 0 Å². The number of benzene rings is 1. The van der Waals surface area contributed by atoms with Gasteiger partial charge in [-0.25, -0.2) is 8.42 Å². The first-order chi connectivity index (χ1) is 10.6. The Bertz CT molecular complexity index is 687. The van der Waals surface area contributed by atoms with Crippen LogP contribution in [0.15, 0.2) is 42.5 Å². The molecule has 1 heterocycles. The van der Waals surface area contributed by atoms with Crippen molar-refractivity contribution in [2.45, 2.75) is 20.3 Å². The molecule has 0 atom stereocenters. The van der Waals surface area contributed by atoms with Gasteiger partial charge in [0.2, 0.25) is 10.0 Å².